The maximum Gasteiger partial charge on any atom is 0.313 e. The van der Waals surface area contributed by atoms with Gasteiger partial charge in [0.15, 0.2) is 0 Å². The van der Waals surface area contributed by atoms with E-state index in [1.807, 2.05) is 0 Å². The van der Waals surface area contributed by atoms with Crippen molar-refractivity contribution in [2.24, 2.45) is 0 Å². The molecule has 88 valence electrons. The summed E-state index contributed by atoms with van der Waals surface area (Å²) in [6.45, 7) is 0.688. The summed E-state index contributed by atoms with van der Waals surface area (Å²) in [4.78, 5) is 21.3. The molecule has 0 spiro atoms. The Morgan fingerprint density at radius 1 is 1.27 bits per heavy atom. The standard InChI is InChI=1S/C9H17NO3S2/c1-14-5-3-2-4-10-8(11)6-15-7-9(12)13/h2-7H2,1H3,(H,10,11)(H,12,13). The highest BCUT2D eigenvalue weighted by Gasteiger charge is 2.02. The van der Waals surface area contributed by atoms with Gasteiger partial charge in [-0.3, -0.25) is 9.59 Å². The molecule has 0 aromatic heterocycles. The summed E-state index contributed by atoms with van der Waals surface area (Å²) in [5.41, 5.74) is 0. The first-order valence-corrected chi connectivity index (χ1v) is 7.27. The van der Waals surface area contributed by atoms with E-state index < -0.39 is 5.97 Å². The van der Waals surface area contributed by atoms with Crippen LogP contribution in [0.5, 0.6) is 0 Å². The molecule has 6 heteroatoms. The number of rotatable bonds is 9. The molecule has 0 aromatic rings. The van der Waals surface area contributed by atoms with Gasteiger partial charge in [0.25, 0.3) is 0 Å². The molecule has 0 aliphatic heterocycles. The van der Waals surface area contributed by atoms with Crippen LogP contribution < -0.4 is 5.32 Å². The van der Waals surface area contributed by atoms with Gasteiger partial charge < -0.3 is 10.4 Å². The maximum atomic E-state index is 11.1. The molecule has 0 saturated heterocycles. The molecule has 4 nitrogen and oxygen atoms in total. The second-order valence-corrected chi connectivity index (χ2v) is 4.91. The quantitative estimate of drug-likeness (QED) is 0.600. The molecule has 0 unspecified atom stereocenters. The number of nitrogens with one attached hydrogen (secondary N) is 1. The van der Waals surface area contributed by atoms with Crippen LogP contribution in [0.4, 0.5) is 0 Å². The number of hydrogen-bond acceptors (Lipinski definition) is 4. The predicted molar refractivity (Wildman–Crippen MR) is 65.6 cm³/mol. The summed E-state index contributed by atoms with van der Waals surface area (Å²) in [5, 5.41) is 11.1. The van der Waals surface area contributed by atoms with E-state index in [0.717, 1.165) is 30.4 Å². The van der Waals surface area contributed by atoms with E-state index in [2.05, 4.69) is 11.6 Å². The Kier molecular flexibility index (Phi) is 9.92. The van der Waals surface area contributed by atoms with E-state index >= 15 is 0 Å². The van der Waals surface area contributed by atoms with E-state index in [1.165, 1.54) is 0 Å². The summed E-state index contributed by atoms with van der Waals surface area (Å²) in [6, 6.07) is 0. The highest BCUT2D eigenvalue weighted by atomic mass is 32.2. The molecule has 0 fully saturated rings. The average molecular weight is 251 g/mol. The third kappa shape index (κ3) is 11.6. The second kappa shape index (κ2) is 10.2. The lowest BCUT2D eigenvalue weighted by Gasteiger charge is -2.03. The molecule has 0 radical (unpaired) electrons. The molecule has 0 aliphatic rings. The fraction of sp³-hybridized carbons (Fsp3) is 0.778. The van der Waals surface area contributed by atoms with Crippen LogP contribution in [-0.4, -0.2) is 47.0 Å². The van der Waals surface area contributed by atoms with Crippen molar-refractivity contribution >= 4 is 35.4 Å². The first-order valence-electron chi connectivity index (χ1n) is 4.72. The Morgan fingerprint density at radius 2 is 2.00 bits per heavy atom. The van der Waals surface area contributed by atoms with Gasteiger partial charge in [-0.25, -0.2) is 0 Å². The van der Waals surface area contributed by atoms with Crippen molar-refractivity contribution in [1.29, 1.82) is 0 Å². The number of carboxylic acids is 1. The third-order valence-corrected chi connectivity index (χ3v) is 3.17. The first kappa shape index (κ1) is 14.6. The Labute approximate surface area is 98.6 Å². The number of carbonyl (C=O) groups is 2. The molecule has 0 aliphatic carbocycles. The Bertz CT molecular complexity index is 200. The lowest BCUT2D eigenvalue weighted by atomic mass is 10.3. The lowest BCUT2D eigenvalue weighted by Crippen LogP contribution is -2.26. The van der Waals surface area contributed by atoms with Crippen LogP contribution in [-0.2, 0) is 9.59 Å². The zero-order valence-corrected chi connectivity index (χ0v) is 10.5. The number of carbonyl (C=O) groups excluding carboxylic acids is 1. The minimum atomic E-state index is -0.882. The SMILES string of the molecule is CSCCCCNC(=O)CSCC(=O)O. The molecular weight excluding hydrogens is 234 g/mol. The highest BCUT2D eigenvalue weighted by Crippen LogP contribution is 1.99. The number of amides is 1. The van der Waals surface area contributed by atoms with Crippen molar-refractivity contribution in [3.63, 3.8) is 0 Å². The third-order valence-electron chi connectivity index (χ3n) is 1.56. The summed E-state index contributed by atoms with van der Waals surface area (Å²) in [6.07, 6.45) is 4.14. The average Bonchev–Trinajstić information content (AvgIpc) is 2.17. The topological polar surface area (TPSA) is 66.4 Å². The van der Waals surface area contributed by atoms with E-state index in [9.17, 15) is 9.59 Å². The number of hydrogen-bond donors (Lipinski definition) is 2. The fourth-order valence-electron chi connectivity index (χ4n) is 0.881. The van der Waals surface area contributed by atoms with Crippen molar-refractivity contribution in [2.75, 3.05) is 30.1 Å². The number of thioether (sulfide) groups is 2. The monoisotopic (exact) mass is 251 g/mol. The van der Waals surface area contributed by atoms with Crippen LogP contribution in [0.3, 0.4) is 0 Å². The van der Waals surface area contributed by atoms with Gasteiger partial charge in [0.1, 0.15) is 0 Å². The summed E-state index contributed by atoms with van der Waals surface area (Å²) in [5.74, 6) is 0.372. The number of carboxylic acid groups (broad SMARTS) is 1. The van der Waals surface area contributed by atoms with Gasteiger partial charge in [-0.2, -0.15) is 11.8 Å². The van der Waals surface area contributed by atoms with Crippen molar-refractivity contribution in [1.82, 2.24) is 5.32 Å². The number of unbranched alkanes of at least 4 members (excludes halogenated alkanes) is 1. The molecule has 1 amide bonds. The molecule has 15 heavy (non-hydrogen) atoms. The molecule has 0 bridgehead atoms. The van der Waals surface area contributed by atoms with Gasteiger partial charge in [0.2, 0.25) is 5.91 Å². The minimum absolute atomic E-state index is 0.0140. The van der Waals surface area contributed by atoms with Gasteiger partial charge in [-0.15, -0.1) is 11.8 Å². The smallest absolute Gasteiger partial charge is 0.313 e. The Morgan fingerprint density at radius 3 is 2.60 bits per heavy atom. The lowest BCUT2D eigenvalue weighted by molar-refractivity contribution is -0.133. The predicted octanol–water partition coefficient (Wildman–Crippen LogP) is 1.06. The van der Waals surface area contributed by atoms with Crippen LogP contribution in [0.25, 0.3) is 0 Å². The van der Waals surface area contributed by atoms with Gasteiger partial charge in [-0.1, -0.05) is 0 Å². The summed E-state index contributed by atoms with van der Waals surface area (Å²) in [7, 11) is 0. The molecule has 0 saturated carbocycles. The molecule has 0 rings (SSSR count). The maximum absolute atomic E-state index is 11.1. The highest BCUT2D eigenvalue weighted by molar-refractivity contribution is 8.00. The van der Waals surface area contributed by atoms with Crippen LogP contribution in [0.2, 0.25) is 0 Å². The van der Waals surface area contributed by atoms with Crippen molar-refractivity contribution in [3.8, 4) is 0 Å². The van der Waals surface area contributed by atoms with E-state index in [0.29, 0.717) is 6.54 Å². The van der Waals surface area contributed by atoms with Crippen LogP contribution in [0.15, 0.2) is 0 Å². The molecule has 0 heterocycles. The van der Waals surface area contributed by atoms with Crippen LogP contribution in [0, 0.1) is 0 Å². The van der Waals surface area contributed by atoms with Crippen molar-refractivity contribution in [2.45, 2.75) is 12.8 Å². The first-order chi connectivity index (χ1) is 7.16. The Hall–Kier alpha value is -0.360. The summed E-state index contributed by atoms with van der Waals surface area (Å²) >= 11 is 2.92. The zero-order chi connectivity index (χ0) is 11.5. The molecule has 2 N–H and O–H groups in total. The van der Waals surface area contributed by atoms with E-state index in [1.54, 1.807) is 11.8 Å². The van der Waals surface area contributed by atoms with Gasteiger partial charge in [-0.05, 0) is 24.9 Å². The minimum Gasteiger partial charge on any atom is -0.481 e. The van der Waals surface area contributed by atoms with Crippen LogP contribution >= 0.6 is 23.5 Å². The van der Waals surface area contributed by atoms with Crippen molar-refractivity contribution < 1.29 is 14.7 Å². The van der Waals surface area contributed by atoms with Gasteiger partial charge >= 0.3 is 5.97 Å². The molecule has 0 atom stereocenters. The fourth-order valence-corrected chi connectivity index (χ4v) is 1.94. The van der Waals surface area contributed by atoms with Gasteiger partial charge in [0, 0.05) is 6.54 Å². The van der Waals surface area contributed by atoms with E-state index in [4.69, 9.17) is 5.11 Å². The molecule has 0 aromatic carbocycles. The Balaban J connectivity index is 3.22. The normalized spacial score (nSPS) is 9.93. The van der Waals surface area contributed by atoms with Crippen LogP contribution in [0.1, 0.15) is 12.8 Å². The second-order valence-electron chi connectivity index (χ2n) is 2.94. The largest absolute Gasteiger partial charge is 0.481 e. The van der Waals surface area contributed by atoms with Crippen molar-refractivity contribution in [3.05, 3.63) is 0 Å². The summed E-state index contributed by atoms with van der Waals surface area (Å²) < 4.78 is 0. The van der Waals surface area contributed by atoms with E-state index in [-0.39, 0.29) is 17.4 Å². The zero-order valence-electron chi connectivity index (χ0n) is 8.82. The molecular formula is C9H17NO3S2. The number of aliphatic carboxylic acids is 1. The van der Waals surface area contributed by atoms with Gasteiger partial charge in [0.05, 0.1) is 11.5 Å².